The molecule has 1 saturated heterocycles. The molecule has 1 unspecified atom stereocenters. The zero-order valence-electron chi connectivity index (χ0n) is 14.2. The Kier molecular flexibility index (Phi) is 4.96. The zero-order chi connectivity index (χ0) is 18.1. The predicted molar refractivity (Wildman–Crippen MR) is 95.9 cm³/mol. The van der Waals surface area contributed by atoms with E-state index >= 15 is 0 Å². The van der Waals surface area contributed by atoms with Crippen molar-refractivity contribution in [1.29, 1.82) is 0 Å². The number of rotatable bonds is 4. The number of nitrogens with zero attached hydrogens (tertiary/aromatic N) is 4. The van der Waals surface area contributed by atoms with Crippen LogP contribution in [0, 0.1) is 23.0 Å². The number of halogens is 1. The molecule has 2 aromatic rings. The van der Waals surface area contributed by atoms with E-state index in [0.29, 0.717) is 10.8 Å². The predicted octanol–water partition coefficient (Wildman–Crippen LogP) is 3.24. The van der Waals surface area contributed by atoms with Gasteiger partial charge < -0.3 is 14.6 Å². The van der Waals surface area contributed by atoms with Crippen molar-refractivity contribution < 1.29 is 10.0 Å². The summed E-state index contributed by atoms with van der Waals surface area (Å²) in [6, 6.07) is 2.95. The lowest BCUT2D eigenvalue weighted by Gasteiger charge is -2.36. The van der Waals surface area contributed by atoms with Gasteiger partial charge in [0.15, 0.2) is 0 Å². The number of nitro groups is 1. The fourth-order valence-corrected chi connectivity index (χ4v) is 3.92. The first-order valence-corrected chi connectivity index (χ1v) is 8.61. The average molecular weight is 365 g/mol. The van der Waals surface area contributed by atoms with Crippen molar-refractivity contribution in [2.45, 2.75) is 25.9 Å². The van der Waals surface area contributed by atoms with Gasteiger partial charge in [0.1, 0.15) is 11.9 Å². The fourth-order valence-electron chi connectivity index (χ4n) is 3.54. The lowest BCUT2D eigenvalue weighted by atomic mass is 9.90. The lowest BCUT2D eigenvalue weighted by Crippen LogP contribution is -2.36. The van der Waals surface area contributed by atoms with Gasteiger partial charge in [0.25, 0.3) is 5.69 Å². The van der Waals surface area contributed by atoms with Gasteiger partial charge in [0.2, 0.25) is 0 Å². The van der Waals surface area contributed by atoms with Crippen molar-refractivity contribution in [2.75, 3.05) is 18.0 Å². The zero-order valence-corrected chi connectivity index (χ0v) is 15.0. The molecule has 2 heterocycles. The van der Waals surface area contributed by atoms with E-state index in [9.17, 15) is 15.2 Å². The van der Waals surface area contributed by atoms with Gasteiger partial charge in [0.05, 0.1) is 15.6 Å². The monoisotopic (exact) mass is 364 g/mol. The molecule has 1 aromatic heterocycles. The summed E-state index contributed by atoms with van der Waals surface area (Å²) in [7, 11) is 1.88. The normalized spacial score (nSPS) is 16.9. The Labute approximate surface area is 151 Å². The van der Waals surface area contributed by atoms with E-state index < -0.39 is 11.0 Å². The van der Waals surface area contributed by atoms with Crippen molar-refractivity contribution in [1.82, 2.24) is 9.55 Å². The van der Waals surface area contributed by atoms with Crippen molar-refractivity contribution in [2.24, 2.45) is 13.0 Å². The van der Waals surface area contributed by atoms with E-state index in [2.05, 4.69) is 9.88 Å². The van der Waals surface area contributed by atoms with E-state index in [0.717, 1.165) is 37.2 Å². The molecule has 8 heteroatoms. The fraction of sp³-hybridized carbons (Fsp3) is 0.471. The van der Waals surface area contributed by atoms with Crippen LogP contribution in [-0.4, -0.2) is 32.7 Å². The molecular formula is C17H21ClN4O3. The highest BCUT2D eigenvalue weighted by molar-refractivity contribution is 6.33. The molecule has 3 rings (SSSR count). The van der Waals surface area contributed by atoms with Gasteiger partial charge in [-0.25, -0.2) is 4.98 Å². The SMILES string of the molecule is Cc1cc([N+](=O)[O-])cc(Cl)c1N1CCC(C(O)c2nccn2C)CC1. The van der Waals surface area contributed by atoms with E-state index in [1.165, 1.54) is 6.07 Å². The maximum atomic E-state index is 10.9. The van der Waals surface area contributed by atoms with E-state index in [-0.39, 0.29) is 11.6 Å². The molecule has 7 nitrogen and oxygen atoms in total. The van der Waals surface area contributed by atoms with Crippen molar-refractivity contribution >= 4 is 23.0 Å². The van der Waals surface area contributed by atoms with Crippen LogP contribution in [0.1, 0.15) is 30.3 Å². The first-order chi connectivity index (χ1) is 11.9. The van der Waals surface area contributed by atoms with E-state index in [1.807, 2.05) is 24.7 Å². The van der Waals surface area contributed by atoms with Crippen LogP contribution in [0.25, 0.3) is 0 Å². The second-order valence-electron chi connectivity index (χ2n) is 6.52. The number of aryl methyl sites for hydroxylation is 2. The molecule has 0 bridgehead atoms. The number of nitro benzene ring substituents is 1. The molecule has 0 saturated carbocycles. The number of hydrogen-bond donors (Lipinski definition) is 1. The minimum Gasteiger partial charge on any atom is -0.385 e. The molecule has 0 radical (unpaired) electrons. The molecule has 25 heavy (non-hydrogen) atoms. The number of benzene rings is 1. The molecule has 1 fully saturated rings. The standard InChI is InChI=1S/C17H21ClN4O3/c1-11-9-13(22(24)25)10-14(18)15(11)21-6-3-12(4-7-21)16(23)17-19-5-8-20(17)2/h5,8-10,12,16,23H,3-4,6-7H2,1-2H3. The summed E-state index contributed by atoms with van der Waals surface area (Å²) in [6.07, 6.45) is 4.54. The number of non-ortho nitro benzene ring substituents is 1. The number of piperidine rings is 1. The van der Waals surface area contributed by atoms with Crippen LogP contribution >= 0.6 is 11.6 Å². The Balaban J connectivity index is 1.72. The largest absolute Gasteiger partial charge is 0.385 e. The molecule has 1 aromatic carbocycles. The minimum absolute atomic E-state index is 0.00587. The Bertz CT molecular complexity index is 761. The third kappa shape index (κ3) is 3.48. The van der Waals surface area contributed by atoms with Crippen LogP contribution in [0.5, 0.6) is 0 Å². The van der Waals surface area contributed by atoms with Gasteiger partial charge in [-0.3, -0.25) is 10.1 Å². The molecule has 0 spiro atoms. The molecule has 0 amide bonds. The van der Waals surface area contributed by atoms with Gasteiger partial charge in [0, 0.05) is 44.7 Å². The number of aliphatic hydroxyl groups excluding tert-OH is 1. The second-order valence-corrected chi connectivity index (χ2v) is 6.92. The molecule has 0 aliphatic carbocycles. The van der Waals surface area contributed by atoms with Crippen molar-refractivity contribution in [3.63, 3.8) is 0 Å². The molecular weight excluding hydrogens is 344 g/mol. The summed E-state index contributed by atoms with van der Waals surface area (Å²) < 4.78 is 1.84. The quantitative estimate of drug-likeness (QED) is 0.665. The first-order valence-electron chi connectivity index (χ1n) is 8.23. The highest BCUT2D eigenvalue weighted by Crippen LogP contribution is 2.37. The third-order valence-corrected chi connectivity index (χ3v) is 5.16. The Morgan fingerprint density at radius 2 is 2.08 bits per heavy atom. The van der Waals surface area contributed by atoms with Crippen molar-refractivity contribution in [3.8, 4) is 0 Å². The van der Waals surface area contributed by atoms with Crippen molar-refractivity contribution in [3.05, 3.63) is 51.1 Å². The Morgan fingerprint density at radius 3 is 2.60 bits per heavy atom. The highest BCUT2D eigenvalue weighted by Gasteiger charge is 2.30. The van der Waals surface area contributed by atoms with E-state index in [4.69, 9.17) is 11.6 Å². The van der Waals surface area contributed by atoms with Gasteiger partial charge in [-0.15, -0.1) is 0 Å². The number of anilines is 1. The highest BCUT2D eigenvalue weighted by atomic mass is 35.5. The van der Waals surface area contributed by atoms with Crippen LogP contribution in [0.3, 0.4) is 0 Å². The smallest absolute Gasteiger partial charge is 0.271 e. The molecule has 1 N–H and O–H groups in total. The van der Waals surface area contributed by atoms with Gasteiger partial charge in [-0.1, -0.05) is 11.6 Å². The summed E-state index contributed by atoms with van der Waals surface area (Å²) in [5, 5.41) is 21.9. The van der Waals surface area contributed by atoms with Gasteiger partial charge in [-0.05, 0) is 31.2 Å². The maximum absolute atomic E-state index is 10.9. The van der Waals surface area contributed by atoms with Crippen LogP contribution < -0.4 is 4.90 Å². The summed E-state index contributed by atoms with van der Waals surface area (Å²) >= 11 is 6.30. The molecule has 1 atom stereocenters. The average Bonchev–Trinajstić information content (AvgIpc) is 3.00. The van der Waals surface area contributed by atoms with Crippen LogP contribution in [0.2, 0.25) is 5.02 Å². The molecule has 1 aliphatic rings. The number of imidazole rings is 1. The van der Waals surface area contributed by atoms with Crippen LogP contribution in [0.15, 0.2) is 24.5 Å². The molecule has 134 valence electrons. The summed E-state index contributed by atoms with van der Waals surface area (Å²) in [5.74, 6) is 0.817. The summed E-state index contributed by atoms with van der Waals surface area (Å²) in [5.41, 5.74) is 1.64. The second kappa shape index (κ2) is 7.01. The van der Waals surface area contributed by atoms with Gasteiger partial charge in [-0.2, -0.15) is 0 Å². The maximum Gasteiger partial charge on any atom is 0.271 e. The number of aromatic nitrogens is 2. The van der Waals surface area contributed by atoms with E-state index in [1.54, 1.807) is 12.3 Å². The topological polar surface area (TPSA) is 84.4 Å². The summed E-state index contributed by atoms with van der Waals surface area (Å²) in [6.45, 7) is 3.32. The number of hydrogen-bond acceptors (Lipinski definition) is 5. The lowest BCUT2D eigenvalue weighted by molar-refractivity contribution is -0.384. The first kappa shape index (κ1) is 17.7. The minimum atomic E-state index is -0.587. The molecule has 1 aliphatic heterocycles. The van der Waals surface area contributed by atoms with Crippen LogP contribution in [0.4, 0.5) is 11.4 Å². The summed E-state index contributed by atoms with van der Waals surface area (Å²) in [4.78, 5) is 16.9. The van der Waals surface area contributed by atoms with Crippen LogP contribution in [-0.2, 0) is 7.05 Å². The Morgan fingerprint density at radius 1 is 1.40 bits per heavy atom. The Hall–Kier alpha value is -2.12. The third-order valence-electron chi connectivity index (χ3n) is 4.87. The number of aliphatic hydroxyl groups is 1. The van der Waals surface area contributed by atoms with Gasteiger partial charge >= 0.3 is 0 Å².